The Morgan fingerprint density at radius 3 is 2.82 bits per heavy atom. The molecule has 1 saturated heterocycles. The summed E-state index contributed by atoms with van der Waals surface area (Å²) < 4.78 is 27.3. The van der Waals surface area contributed by atoms with Crippen LogP contribution in [0, 0.1) is 11.3 Å². The number of rotatable bonds is 4. The van der Waals surface area contributed by atoms with Crippen molar-refractivity contribution in [2.45, 2.75) is 55.2 Å². The summed E-state index contributed by atoms with van der Waals surface area (Å²) in [6.07, 6.45) is 6.26. The van der Waals surface area contributed by atoms with Crippen LogP contribution >= 0.6 is 22.7 Å². The van der Waals surface area contributed by atoms with E-state index in [2.05, 4.69) is 11.4 Å². The summed E-state index contributed by atoms with van der Waals surface area (Å²) >= 11 is 2.63. The molecule has 1 N–H and O–H groups in total. The van der Waals surface area contributed by atoms with Crippen molar-refractivity contribution >= 4 is 43.6 Å². The van der Waals surface area contributed by atoms with Crippen LogP contribution in [0.2, 0.25) is 0 Å². The van der Waals surface area contributed by atoms with Crippen molar-refractivity contribution < 1.29 is 13.2 Å². The molecule has 1 atom stereocenters. The van der Waals surface area contributed by atoms with Gasteiger partial charge in [-0.25, -0.2) is 8.42 Å². The summed E-state index contributed by atoms with van der Waals surface area (Å²) in [5, 5.41) is 14.8. The lowest BCUT2D eigenvalue weighted by atomic mass is 10.1. The average Bonchev–Trinajstić information content (AvgIpc) is 3.39. The third kappa shape index (κ3) is 3.50. The summed E-state index contributed by atoms with van der Waals surface area (Å²) in [6, 6.07) is 4.78. The van der Waals surface area contributed by atoms with Gasteiger partial charge in [0.25, 0.3) is 10.0 Å². The topological polar surface area (TPSA) is 90.3 Å². The molecule has 0 unspecified atom stereocenters. The molecule has 1 aliphatic carbocycles. The van der Waals surface area contributed by atoms with Crippen molar-refractivity contribution in [2.24, 2.45) is 0 Å². The van der Waals surface area contributed by atoms with E-state index in [-0.39, 0.29) is 10.1 Å². The van der Waals surface area contributed by atoms with Crippen molar-refractivity contribution in [1.29, 1.82) is 5.26 Å². The summed E-state index contributed by atoms with van der Waals surface area (Å²) in [4.78, 5) is 14.2. The van der Waals surface area contributed by atoms with Crippen molar-refractivity contribution in [1.82, 2.24) is 4.31 Å². The number of carbonyl (C=O) groups excluding carboxylic acids is 1. The lowest BCUT2D eigenvalue weighted by molar-refractivity contribution is -0.119. The van der Waals surface area contributed by atoms with Crippen molar-refractivity contribution in [2.75, 3.05) is 11.9 Å². The summed E-state index contributed by atoms with van der Waals surface area (Å²) in [6.45, 7) is 0.338. The molecule has 0 spiro atoms. The van der Waals surface area contributed by atoms with E-state index in [1.54, 1.807) is 17.5 Å². The van der Waals surface area contributed by atoms with E-state index in [4.69, 9.17) is 0 Å². The Bertz CT molecular complexity index is 1020. The van der Waals surface area contributed by atoms with Crippen LogP contribution in [-0.4, -0.2) is 31.2 Å². The van der Waals surface area contributed by atoms with Crippen LogP contribution in [0.25, 0.3) is 0 Å². The molecule has 2 aliphatic rings. The van der Waals surface area contributed by atoms with Gasteiger partial charge in [0.1, 0.15) is 21.3 Å². The van der Waals surface area contributed by atoms with Crippen LogP contribution in [0.3, 0.4) is 0 Å². The van der Waals surface area contributed by atoms with Gasteiger partial charge in [0.05, 0.1) is 5.56 Å². The number of amides is 1. The highest BCUT2D eigenvalue weighted by Gasteiger charge is 2.40. The Labute approximate surface area is 172 Å². The number of thiophene rings is 2. The molecular weight excluding hydrogens is 414 g/mol. The number of nitrogens with one attached hydrogen (secondary N) is 1. The zero-order valence-corrected chi connectivity index (χ0v) is 17.8. The molecule has 148 valence electrons. The Hall–Kier alpha value is -1.73. The molecule has 0 radical (unpaired) electrons. The third-order valence-corrected chi connectivity index (χ3v) is 9.82. The first kappa shape index (κ1) is 19.6. The minimum absolute atomic E-state index is 0.257. The van der Waals surface area contributed by atoms with Crippen LogP contribution in [-0.2, 0) is 27.7 Å². The maximum Gasteiger partial charge on any atom is 0.253 e. The second-order valence-electron chi connectivity index (χ2n) is 7.08. The monoisotopic (exact) mass is 435 g/mol. The van der Waals surface area contributed by atoms with Crippen molar-refractivity contribution in [3.05, 3.63) is 33.5 Å². The highest BCUT2D eigenvalue weighted by atomic mass is 32.2. The molecule has 3 heterocycles. The van der Waals surface area contributed by atoms with E-state index in [0.29, 0.717) is 30.0 Å². The lowest BCUT2D eigenvalue weighted by Crippen LogP contribution is -2.42. The van der Waals surface area contributed by atoms with Gasteiger partial charge < -0.3 is 5.32 Å². The number of nitrogens with zero attached hydrogens (tertiary/aromatic N) is 2. The van der Waals surface area contributed by atoms with Gasteiger partial charge in [-0.05, 0) is 55.5 Å². The predicted molar refractivity (Wildman–Crippen MR) is 110 cm³/mol. The van der Waals surface area contributed by atoms with Gasteiger partial charge in [-0.15, -0.1) is 22.7 Å². The fourth-order valence-corrected chi connectivity index (χ4v) is 7.98. The number of fused-ring (bicyclic) bond motifs is 1. The molecule has 1 amide bonds. The van der Waals surface area contributed by atoms with Crippen molar-refractivity contribution in [3.63, 3.8) is 0 Å². The van der Waals surface area contributed by atoms with E-state index in [0.717, 1.165) is 49.0 Å². The van der Waals surface area contributed by atoms with Gasteiger partial charge in [0.2, 0.25) is 5.91 Å². The molecule has 2 aromatic heterocycles. The van der Waals surface area contributed by atoms with Crippen LogP contribution < -0.4 is 5.32 Å². The molecule has 28 heavy (non-hydrogen) atoms. The number of hydrogen-bond acceptors (Lipinski definition) is 6. The fourth-order valence-electron chi connectivity index (χ4n) is 3.96. The number of anilines is 1. The number of aryl methyl sites for hydroxylation is 1. The number of nitriles is 1. The first-order valence-corrected chi connectivity index (χ1v) is 12.6. The van der Waals surface area contributed by atoms with E-state index in [1.165, 1.54) is 20.5 Å². The van der Waals surface area contributed by atoms with Crippen LogP contribution in [0.5, 0.6) is 0 Å². The Kier molecular flexibility index (Phi) is 5.56. The van der Waals surface area contributed by atoms with Gasteiger partial charge in [-0.1, -0.05) is 12.5 Å². The Morgan fingerprint density at radius 2 is 2.07 bits per heavy atom. The molecule has 0 aromatic carbocycles. The largest absolute Gasteiger partial charge is 0.315 e. The second-order valence-corrected chi connectivity index (χ2v) is 11.2. The van der Waals surface area contributed by atoms with E-state index >= 15 is 0 Å². The average molecular weight is 436 g/mol. The number of hydrogen-bond donors (Lipinski definition) is 1. The highest BCUT2D eigenvalue weighted by molar-refractivity contribution is 7.91. The third-order valence-electron chi connectivity index (χ3n) is 5.33. The van der Waals surface area contributed by atoms with E-state index < -0.39 is 16.1 Å². The quantitative estimate of drug-likeness (QED) is 0.741. The molecule has 1 fully saturated rings. The molecule has 4 rings (SSSR count). The normalized spacial score (nSPS) is 20.3. The predicted octanol–water partition coefficient (Wildman–Crippen LogP) is 3.74. The minimum atomic E-state index is -3.68. The second kappa shape index (κ2) is 7.95. The van der Waals surface area contributed by atoms with Crippen LogP contribution in [0.4, 0.5) is 5.00 Å². The van der Waals surface area contributed by atoms with Crippen LogP contribution in [0.1, 0.15) is 48.1 Å². The number of carbonyl (C=O) groups is 1. The summed E-state index contributed by atoms with van der Waals surface area (Å²) in [5.41, 5.74) is 1.62. The Morgan fingerprint density at radius 1 is 1.25 bits per heavy atom. The van der Waals surface area contributed by atoms with Gasteiger partial charge >= 0.3 is 0 Å². The fraction of sp³-hybridized carbons (Fsp3) is 0.474. The van der Waals surface area contributed by atoms with Crippen LogP contribution in [0.15, 0.2) is 21.7 Å². The standard InChI is InChI=1S/C19H21N3O3S3/c20-12-14-13-6-2-1-3-8-16(13)27-19(14)21-18(23)15-7-4-10-22(15)28(24,25)17-9-5-11-26-17/h5,9,11,15H,1-4,6-8,10H2,(H,21,23)/t15-/m0/s1. The van der Waals surface area contributed by atoms with Crippen molar-refractivity contribution in [3.8, 4) is 6.07 Å². The summed E-state index contributed by atoms with van der Waals surface area (Å²) in [7, 11) is -3.68. The van der Waals surface area contributed by atoms with Gasteiger partial charge in [-0.3, -0.25) is 4.79 Å². The molecule has 0 bridgehead atoms. The zero-order chi connectivity index (χ0) is 19.7. The summed E-state index contributed by atoms with van der Waals surface area (Å²) in [5.74, 6) is -0.342. The van der Waals surface area contributed by atoms with E-state index in [9.17, 15) is 18.5 Å². The first-order chi connectivity index (χ1) is 13.5. The van der Waals surface area contributed by atoms with Gasteiger partial charge in [0.15, 0.2) is 0 Å². The molecular formula is C19H21N3O3S3. The molecule has 9 heteroatoms. The number of sulfonamides is 1. The Balaban J connectivity index is 1.58. The molecule has 6 nitrogen and oxygen atoms in total. The molecule has 1 aliphatic heterocycles. The highest BCUT2D eigenvalue weighted by Crippen LogP contribution is 2.37. The minimum Gasteiger partial charge on any atom is -0.315 e. The first-order valence-electron chi connectivity index (χ1n) is 9.43. The maximum atomic E-state index is 13.0. The zero-order valence-electron chi connectivity index (χ0n) is 15.3. The molecule has 2 aromatic rings. The van der Waals surface area contributed by atoms with Gasteiger partial charge in [-0.2, -0.15) is 9.57 Å². The maximum absolute atomic E-state index is 13.0. The van der Waals surface area contributed by atoms with Gasteiger partial charge in [0, 0.05) is 11.4 Å². The smallest absolute Gasteiger partial charge is 0.253 e. The molecule has 0 saturated carbocycles. The SMILES string of the molecule is N#Cc1c(NC(=O)[C@@H]2CCCN2S(=O)(=O)c2cccs2)sc2c1CCCCC2. The lowest BCUT2D eigenvalue weighted by Gasteiger charge is -2.22. The van der Waals surface area contributed by atoms with E-state index in [1.807, 2.05) is 0 Å².